The maximum Gasteiger partial charge on any atom is 0.184 e. The molecule has 0 atom stereocenters. The van der Waals surface area contributed by atoms with E-state index in [-0.39, 0.29) is 0 Å². The van der Waals surface area contributed by atoms with Crippen LogP contribution in [0, 0.1) is 6.92 Å². The number of hydrogen-bond acceptors (Lipinski definition) is 5. The van der Waals surface area contributed by atoms with E-state index in [4.69, 9.17) is 9.47 Å². The summed E-state index contributed by atoms with van der Waals surface area (Å²) in [6, 6.07) is 14.9. The van der Waals surface area contributed by atoms with Gasteiger partial charge in [-0.3, -0.25) is 4.90 Å². The number of unbranched alkanes of at least 4 members (excludes halogenated alkanes) is 1. The zero-order valence-corrected chi connectivity index (χ0v) is 17.5. The summed E-state index contributed by atoms with van der Waals surface area (Å²) in [5, 5.41) is 0. The van der Waals surface area contributed by atoms with Gasteiger partial charge in [0, 0.05) is 31.1 Å². The topological polar surface area (TPSA) is 24.9 Å². The lowest BCUT2D eigenvalue weighted by molar-refractivity contribution is 0.171. The van der Waals surface area contributed by atoms with Crippen molar-refractivity contribution in [2.75, 3.05) is 56.6 Å². The van der Waals surface area contributed by atoms with E-state index in [9.17, 15) is 0 Å². The molecular formula is C23H30N2O2S. The highest BCUT2D eigenvalue weighted by Crippen LogP contribution is 2.39. The molecule has 0 radical (unpaired) electrons. The summed E-state index contributed by atoms with van der Waals surface area (Å²) in [4.78, 5) is 6.47. The van der Waals surface area contributed by atoms with Gasteiger partial charge >= 0.3 is 0 Å². The molecule has 0 unspecified atom stereocenters. The third-order valence-electron chi connectivity index (χ3n) is 5.48. The normalized spacial score (nSPS) is 17.0. The molecule has 2 aromatic rings. The molecule has 0 aromatic heterocycles. The van der Waals surface area contributed by atoms with E-state index in [1.165, 1.54) is 41.3 Å². The fourth-order valence-electron chi connectivity index (χ4n) is 3.86. The Morgan fingerprint density at radius 1 is 0.893 bits per heavy atom. The van der Waals surface area contributed by atoms with Crippen LogP contribution in [0.2, 0.25) is 0 Å². The van der Waals surface area contributed by atoms with Gasteiger partial charge in [0.1, 0.15) is 13.2 Å². The van der Waals surface area contributed by atoms with Crippen LogP contribution in [0.15, 0.2) is 47.4 Å². The van der Waals surface area contributed by atoms with Crippen LogP contribution in [0.25, 0.3) is 0 Å². The smallest absolute Gasteiger partial charge is 0.184 e. The number of nitrogens with zero attached hydrogens (tertiary/aromatic N) is 2. The first kappa shape index (κ1) is 19.5. The Morgan fingerprint density at radius 3 is 2.57 bits per heavy atom. The number of anilines is 1. The number of ether oxygens (including phenoxy) is 2. The van der Waals surface area contributed by atoms with E-state index < -0.39 is 0 Å². The van der Waals surface area contributed by atoms with Crippen molar-refractivity contribution < 1.29 is 9.47 Å². The molecular weight excluding hydrogens is 368 g/mol. The molecule has 4 rings (SSSR count). The molecule has 0 spiro atoms. The lowest BCUT2D eigenvalue weighted by atomic mass is 10.2. The number of fused-ring (bicyclic) bond motifs is 1. The molecule has 28 heavy (non-hydrogen) atoms. The van der Waals surface area contributed by atoms with Gasteiger partial charge in [-0.25, -0.2) is 0 Å². The first-order valence-electron chi connectivity index (χ1n) is 10.4. The Kier molecular flexibility index (Phi) is 6.65. The van der Waals surface area contributed by atoms with Gasteiger partial charge in [0.2, 0.25) is 0 Å². The van der Waals surface area contributed by atoms with Gasteiger partial charge in [0.05, 0.1) is 5.69 Å². The minimum Gasteiger partial charge on any atom is -0.486 e. The summed E-state index contributed by atoms with van der Waals surface area (Å²) in [5.74, 6) is 3.02. The highest BCUT2D eigenvalue weighted by atomic mass is 32.2. The maximum atomic E-state index is 5.89. The fraction of sp³-hybridized carbons (Fsp3) is 0.478. The maximum absolute atomic E-state index is 5.89. The molecule has 4 nitrogen and oxygen atoms in total. The van der Waals surface area contributed by atoms with E-state index in [0.29, 0.717) is 13.2 Å². The van der Waals surface area contributed by atoms with Crippen LogP contribution in [0.5, 0.6) is 11.5 Å². The van der Waals surface area contributed by atoms with Crippen molar-refractivity contribution in [1.29, 1.82) is 0 Å². The first-order chi connectivity index (χ1) is 13.8. The van der Waals surface area contributed by atoms with Crippen LogP contribution in [0.3, 0.4) is 0 Å². The van der Waals surface area contributed by atoms with Gasteiger partial charge in [-0.2, -0.15) is 0 Å². The first-order valence-corrected chi connectivity index (χ1v) is 11.3. The van der Waals surface area contributed by atoms with Gasteiger partial charge in [0.15, 0.2) is 11.5 Å². The number of rotatable bonds is 7. The van der Waals surface area contributed by atoms with Gasteiger partial charge < -0.3 is 14.4 Å². The van der Waals surface area contributed by atoms with Crippen LogP contribution in [0.1, 0.15) is 18.4 Å². The van der Waals surface area contributed by atoms with Crippen LogP contribution < -0.4 is 14.4 Å². The number of piperazine rings is 1. The monoisotopic (exact) mass is 398 g/mol. The fourth-order valence-corrected chi connectivity index (χ4v) is 4.90. The summed E-state index contributed by atoms with van der Waals surface area (Å²) in [6.45, 7) is 9.04. The second-order valence-electron chi connectivity index (χ2n) is 7.45. The molecule has 5 heteroatoms. The van der Waals surface area contributed by atoms with Crippen molar-refractivity contribution in [3.63, 3.8) is 0 Å². The molecule has 0 bridgehead atoms. The quantitative estimate of drug-likeness (QED) is 0.506. The Hall–Kier alpha value is -1.85. The van der Waals surface area contributed by atoms with E-state index in [0.717, 1.165) is 37.7 Å². The predicted molar refractivity (Wildman–Crippen MR) is 117 cm³/mol. The molecule has 2 aliphatic rings. The number of benzene rings is 2. The van der Waals surface area contributed by atoms with Crippen molar-refractivity contribution in [2.45, 2.75) is 24.7 Å². The summed E-state index contributed by atoms with van der Waals surface area (Å²) < 4.78 is 11.6. The minimum absolute atomic E-state index is 0.643. The molecule has 1 fully saturated rings. The van der Waals surface area contributed by atoms with Gasteiger partial charge in [-0.1, -0.05) is 24.3 Å². The van der Waals surface area contributed by atoms with E-state index >= 15 is 0 Å². The molecule has 0 amide bonds. The van der Waals surface area contributed by atoms with E-state index in [2.05, 4.69) is 53.1 Å². The third-order valence-corrected chi connectivity index (χ3v) is 6.74. The summed E-state index contributed by atoms with van der Waals surface area (Å²) >= 11 is 1.99. The molecule has 1 saturated heterocycles. The van der Waals surface area contributed by atoms with Crippen molar-refractivity contribution in [3.05, 3.63) is 48.0 Å². The van der Waals surface area contributed by atoms with E-state index in [1.807, 2.05) is 17.8 Å². The standard InChI is InChI=1S/C23H30N2O2S/c1-19-7-2-3-10-22(19)28-18-5-4-11-24-12-14-25(15-13-24)20-8-6-9-21-23(20)27-17-16-26-21/h2-3,6-10H,4-5,11-18H2,1H3. The van der Waals surface area contributed by atoms with Crippen molar-refractivity contribution in [3.8, 4) is 11.5 Å². The molecule has 2 heterocycles. The average Bonchev–Trinajstić information content (AvgIpc) is 2.75. The second kappa shape index (κ2) is 9.57. The lowest BCUT2D eigenvalue weighted by Gasteiger charge is -2.37. The molecule has 2 aliphatic heterocycles. The highest BCUT2D eigenvalue weighted by molar-refractivity contribution is 7.99. The zero-order chi connectivity index (χ0) is 19.2. The second-order valence-corrected chi connectivity index (χ2v) is 8.59. The zero-order valence-electron chi connectivity index (χ0n) is 16.7. The Labute approximate surface area is 172 Å². The molecule has 0 saturated carbocycles. The lowest BCUT2D eigenvalue weighted by Crippen LogP contribution is -2.46. The number of para-hydroxylation sites is 1. The Morgan fingerprint density at radius 2 is 1.71 bits per heavy atom. The van der Waals surface area contributed by atoms with Gasteiger partial charge in [-0.05, 0) is 55.8 Å². The SMILES string of the molecule is Cc1ccccc1SCCCCN1CCN(c2cccc3c2OCCO3)CC1. The summed E-state index contributed by atoms with van der Waals surface area (Å²) in [7, 11) is 0. The van der Waals surface area contributed by atoms with Crippen LogP contribution in [0.4, 0.5) is 5.69 Å². The van der Waals surface area contributed by atoms with Crippen LogP contribution >= 0.6 is 11.8 Å². The van der Waals surface area contributed by atoms with Gasteiger partial charge in [0.25, 0.3) is 0 Å². The average molecular weight is 399 g/mol. The van der Waals surface area contributed by atoms with Crippen molar-refractivity contribution in [1.82, 2.24) is 4.90 Å². The predicted octanol–water partition coefficient (Wildman–Crippen LogP) is 4.46. The number of aryl methyl sites for hydroxylation is 1. The Balaban J connectivity index is 1.19. The highest BCUT2D eigenvalue weighted by Gasteiger charge is 2.23. The molecule has 0 N–H and O–H groups in total. The Bertz CT molecular complexity index is 775. The van der Waals surface area contributed by atoms with Crippen LogP contribution in [-0.4, -0.2) is 56.6 Å². The summed E-state index contributed by atoms with van der Waals surface area (Å²) in [6.07, 6.45) is 2.55. The molecule has 2 aromatic carbocycles. The minimum atomic E-state index is 0.643. The number of thioether (sulfide) groups is 1. The molecule has 0 aliphatic carbocycles. The van der Waals surface area contributed by atoms with E-state index in [1.54, 1.807) is 0 Å². The van der Waals surface area contributed by atoms with Crippen molar-refractivity contribution in [2.24, 2.45) is 0 Å². The van der Waals surface area contributed by atoms with Crippen molar-refractivity contribution >= 4 is 17.4 Å². The largest absolute Gasteiger partial charge is 0.486 e. The van der Waals surface area contributed by atoms with Gasteiger partial charge in [-0.15, -0.1) is 11.8 Å². The molecule has 150 valence electrons. The number of hydrogen-bond donors (Lipinski definition) is 0. The van der Waals surface area contributed by atoms with Crippen LogP contribution in [-0.2, 0) is 0 Å². The third kappa shape index (κ3) is 4.76. The summed E-state index contributed by atoms with van der Waals surface area (Å²) in [5.41, 5.74) is 2.58.